The largest absolute Gasteiger partial charge is 0.370 e. The predicted octanol–water partition coefficient (Wildman–Crippen LogP) is 1.08. The lowest BCUT2D eigenvalue weighted by atomic mass is 10.2. The maximum atomic E-state index is 12.9. The van der Waals surface area contributed by atoms with E-state index >= 15 is 0 Å². The van der Waals surface area contributed by atoms with E-state index in [9.17, 15) is 4.39 Å². The van der Waals surface area contributed by atoms with Crippen LogP contribution in [0, 0.1) is 5.82 Å². The first kappa shape index (κ1) is 9.51. The highest BCUT2D eigenvalue weighted by molar-refractivity contribution is 5.80. The molecular weight excluding hydrogens is 195 g/mol. The Bertz CT molecular complexity index is 511. The number of nitrogens with two attached hydrogens (primary N) is 2. The van der Waals surface area contributed by atoms with E-state index in [1.54, 1.807) is 6.07 Å². The first-order valence-electron chi connectivity index (χ1n) is 4.48. The Balaban J connectivity index is 2.35. The number of aliphatic imine (C=N–C) groups is 1. The Hall–Kier alpha value is -2.04. The zero-order chi connectivity index (χ0) is 10.8. The molecule has 0 amide bonds. The van der Waals surface area contributed by atoms with Crippen LogP contribution in [0.2, 0.25) is 0 Å². The molecule has 0 unspecified atom stereocenters. The zero-order valence-electron chi connectivity index (χ0n) is 8.00. The first-order valence-corrected chi connectivity index (χ1v) is 4.48. The monoisotopic (exact) mass is 206 g/mol. The standard InChI is InChI=1S/C10H11FN4/c11-7-1-2-9-6(3-7)4-8(15-9)5-14-10(12)13/h1-4,15H,5H2,(H4,12,13,14). The van der Waals surface area contributed by atoms with E-state index in [0.717, 1.165) is 16.6 Å². The molecule has 0 aliphatic heterocycles. The normalized spacial score (nSPS) is 10.5. The lowest BCUT2D eigenvalue weighted by Gasteiger charge is -1.91. The van der Waals surface area contributed by atoms with Crippen LogP contribution in [-0.4, -0.2) is 10.9 Å². The van der Waals surface area contributed by atoms with Crippen molar-refractivity contribution in [1.29, 1.82) is 0 Å². The first-order chi connectivity index (χ1) is 7.15. The molecule has 1 aromatic carbocycles. The van der Waals surface area contributed by atoms with Crippen LogP contribution in [0.5, 0.6) is 0 Å². The Morgan fingerprint density at radius 2 is 2.13 bits per heavy atom. The Labute approximate surface area is 85.8 Å². The van der Waals surface area contributed by atoms with Gasteiger partial charge >= 0.3 is 0 Å². The van der Waals surface area contributed by atoms with E-state index in [4.69, 9.17) is 11.5 Å². The Kier molecular flexibility index (Phi) is 2.29. The van der Waals surface area contributed by atoms with Gasteiger partial charge in [0.25, 0.3) is 0 Å². The average Bonchev–Trinajstić information content (AvgIpc) is 2.56. The van der Waals surface area contributed by atoms with Crippen molar-refractivity contribution in [3.8, 4) is 0 Å². The lowest BCUT2D eigenvalue weighted by molar-refractivity contribution is 0.630. The molecule has 2 aromatic rings. The van der Waals surface area contributed by atoms with Crippen LogP contribution in [0.3, 0.4) is 0 Å². The van der Waals surface area contributed by atoms with Gasteiger partial charge in [0.1, 0.15) is 5.82 Å². The molecule has 0 fully saturated rings. The highest BCUT2D eigenvalue weighted by Gasteiger charge is 2.01. The fourth-order valence-corrected chi connectivity index (χ4v) is 1.43. The minimum absolute atomic E-state index is 0.0415. The molecule has 0 saturated carbocycles. The summed E-state index contributed by atoms with van der Waals surface area (Å²) < 4.78 is 12.9. The van der Waals surface area contributed by atoms with Gasteiger partial charge in [-0.3, -0.25) is 0 Å². The number of H-pyrrole nitrogens is 1. The fourth-order valence-electron chi connectivity index (χ4n) is 1.43. The summed E-state index contributed by atoms with van der Waals surface area (Å²) in [5, 5.41) is 0.816. The molecule has 0 radical (unpaired) electrons. The number of aromatic amines is 1. The third-order valence-electron chi connectivity index (χ3n) is 2.07. The van der Waals surface area contributed by atoms with E-state index in [-0.39, 0.29) is 11.8 Å². The van der Waals surface area contributed by atoms with Crippen LogP contribution < -0.4 is 11.5 Å². The predicted molar refractivity (Wildman–Crippen MR) is 57.8 cm³/mol. The number of nitrogens with zero attached hydrogens (tertiary/aromatic N) is 1. The summed E-state index contributed by atoms with van der Waals surface area (Å²) >= 11 is 0. The summed E-state index contributed by atoms with van der Waals surface area (Å²) in [5.74, 6) is -0.213. The number of rotatable bonds is 2. The fraction of sp³-hybridized carbons (Fsp3) is 0.100. The van der Waals surface area contributed by atoms with Gasteiger partial charge in [0.05, 0.1) is 6.54 Å². The Morgan fingerprint density at radius 1 is 1.33 bits per heavy atom. The van der Waals surface area contributed by atoms with Gasteiger partial charge in [-0.15, -0.1) is 0 Å². The molecule has 0 aliphatic carbocycles. The van der Waals surface area contributed by atoms with Gasteiger partial charge in [-0.25, -0.2) is 9.38 Å². The molecular formula is C10H11FN4. The molecule has 15 heavy (non-hydrogen) atoms. The average molecular weight is 206 g/mol. The molecule has 5 N–H and O–H groups in total. The summed E-state index contributed by atoms with van der Waals surface area (Å²) in [6, 6.07) is 6.38. The number of fused-ring (bicyclic) bond motifs is 1. The summed E-state index contributed by atoms with van der Waals surface area (Å²) in [4.78, 5) is 6.95. The molecule has 2 rings (SSSR count). The van der Waals surface area contributed by atoms with Gasteiger partial charge in [0.2, 0.25) is 0 Å². The van der Waals surface area contributed by atoms with Crippen molar-refractivity contribution in [3.05, 3.63) is 35.8 Å². The quantitative estimate of drug-likeness (QED) is 0.507. The van der Waals surface area contributed by atoms with Crippen molar-refractivity contribution >= 4 is 16.9 Å². The molecule has 4 nitrogen and oxygen atoms in total. The number of halogens is 1. The summed E-state index contributed by atoms with van der Waals surface area (Å²) in [6.07, 6.45) is 0. The SMILES string of the molecule is NC(N)=NCc1cc2cc(F)ccc2[nH]1. The van der Waals surface area contributed by atoms with E-state index in [1.165, 1.54) is 12.1 Å². The van der Waals surface area contributed by atoms with Crippen molar-refractivity contribution in [2.24, 2.45) is 16.5 Å². The Morgan fingerprint density at radius 3 is 2.87 bits per heavy atom. The maximum absolute atomic E-state index is 12.9. The number of hydrogen-bond acceptors (Lipinski definition) is 1. The van der Waals surface area contributed by atoms with Crippen LogP contribution in [0.25, 0.3) is 10.9 Å². The smallest absolute Gasteiger partial charge is 0.186 e. The number of hydrogen-bond donors (Lipinski definition) is 3. The lowest BCUT2D eigenvalue weighted by Crippen LogP contribution is -2.22. The second kappa shape index (κ2) is 3.61. The minimum atomic E-state index is -0.255. The molecule has 0 saturated heterocycles. The second-order valence-corrected chi connectivity index (χ2v) is 3.27. The number of nitrogens with one attached hydrogen (secondary N) is 1. The molecule has 5 heteroatoms. The molecule has 1 aromatic heterocycles. The van der Waals surface area contributed by atoms with Gasteiger partial charge < -0.3 is 16.5 Å². The van der Waals surface area contributed by atoms with Crippen LogP contribution in [-0.2, 0) is 6.54 Å². The number of aromatic nitrogens is 1. The van der Waals surface area contributed by atoms with Crippen molar-refractivity contribution < 1.29 is 4.39 Å². The summed E-state index contributed by atoms with van der Waals surface area (Å²) in [6.45, 7) is 0.374. The minimum Gasteiger partial charge on any atom is -0.370 e. The van der Waals surface area contributed by atoms with Gasteiger partial charge in [0, 0.05) is 16.6 Å². The molecule has 0 atom stereocenters. The summed E-state index contributed by atoms with van der Waals surface area (Å²) in [7, 11) is 0. The van der Waals surface area contributed by atoms with Crippen molar-refractivity contribution in [2.45, 2.75) is 6.54 Å². The molecule has 0 bridgehead atoms. The van der Waals surface area contributed by atoms with Gasteiger partial charge in [-0.05, 0) is 24.3 Å². The topological polar surface area (TPSA) is 80.2 Å². The molecule has 78 valence electrons. The van der Waals surface area contributed by atoms with Gasteiger partial charge in [0.15, 0.2) is 5.96 Å². The summed E-state index contributed by atoms with van der Waals surface area (Å²) in [5.41, 5.74) is 12.1. The van der Waals surface area contributed by atoms with Crippen molar-refractivity contribution in [2.75, 3.05) is 0 Å². The van der Waals surface area contributed by atoms with Crippen LogP contribution in [0.1, 0.15) is 5.69 Å². The third kappa shape index (κ3) is 2.07. The molecule has 0 spiro atoms. The molecule has 0 aliphatic rings. The second-order valence-electron chi connectivity index (χ2n) is 3.27. The van der Waals surface area contributed by atoms with Crippen molar-refractivity contribution in [3.63, 3.8) is 0 Å². The number of guanidine groups is 1. The third-order valence-corrected chi connectivity index (χ3v) is 2.07. The van der Waals surface area contributed by atoms with Crippen LogP contribution in [0.15, 0.2) is 29.3 Å². The highest BCUT2D eigenvalue weighted by Crippen LogP contribution is 2.16. The van der Waals surface area contributed by atoms with Crippen LogP contribution >= 0.6 is 0 Å². The highest BCUT2D eigenvalue weighted by atomic mass is 19.1. The molecule has 1 heterocycles. The van der Waals surface area contributed by atoms with E-state index in [0.29, 0.717) is 6.54 Å². The van der Waals surface area contributed by atoms with E-state index < -0.39 is 0 Å². The zero-order valence-corrected chi connectivity index (χ0v) is 8.00. The van der Waals surface area contributed by atoms with E-state index in [2.05, 4.69) is 9.98 Å². The van der Waals surface area contributed by atoms with Crippen molar-refractivity contribution in [1.82, 2.24) is 4.98 Å². The van der Waals surface area contributed by atoms with Gasteiger partial charge in [-0.1, -0.05) is 0 Å². The number of benzene rings is 1. The van der Waals surface area contributed by atoms with Gasteiger partial charge in [-0.2, -0.15) is 0 Å². The van der Waals surface area contributed by atoms with E-state index in [1.807, 2.05) is 6.07 Å². The maximum Gasteiger partial charge on any atom is 0.186 e. The van der Waals surface area contributed by atoms with Crippen LogP contribution in [0.4, 0.5) is 4.39 Å².